The second-order valence-corrected chi connectivity index (χ2v) is 5.23. The highest BCUT2D eigenvalue weighted by Crippen LogP contribution is 2.15. The first kappa shape index (κ1) is 14.0. The normalized spacial score (nSPS) is 10.5. The average Bonchev–Trinajstić information content (AvgIpc) is 2.43. The van der Waals surface area contributed by atoms with Crippen molar-refractivity contribution in [3.8, 4) is 5.75 Å². The van der Waals surface area contributed by atoms with E-state index in [-0.39, 0.29) is 5.56 Å². The van der Waals surface area contributed by atoms with Crippen LogP contribution in [0, 0.1) is 3.57 Å². The standard InChI is InChI=1S/C14H15IN2O2/c1-3-11-13(15)14(18)17-12(16-11)8-9-5-4-6-10(7-9)19-2/h4-7H,3,8H2,1-2H3,(H,16,17,18). The summed E-state index contributed by atoms with van der Waals surface area (Å²) in [6.45, 7) is 2.00. The number of H-pyrrole nitrogens is 1. The van der Waals surface area contributed by atoms with Crippen LogP contribution in [0.4, 0.5) is 0 Å². The van der Waals surface area contributed by atoms with Crippen molar-refractivity contribution >= 4 is 22.6 Å². The van der Waals surface area contributed by atoms with Crippen LogP contribution < -0.4 is 10.3 Å². The molecular formula is C14H15IN2O2. The maximum atomic E-state index is 11.8. The summed E-state index contributed by atoms with van der Waals surface area (Å²) in [4.78, 5) is 19.1. The Balaban J connectivity index is 2.32. The van der Waals surface area contributed by atoms with Crippen LogP contribution in [0.1, 0.15) is 24.0 Å². The Morgan fingerprint density at radius 1 is 1.42 bits per heavy atom. The van der Waals surface area contributed by atoms with Crippen LogP contribution in [0.2, 0.25) is 0 Å². The number of halogens is 1. The van der Waals surface area contributed by atoms with Gasteiger partial charge >= 0.3 is 0 Å². The van der Waals surface area contributed by atoms with Crippen LogP contribution in [0.25, 0.3) is 0 Å². The lowest BCUT2D eigenvalue weighted by Crippen LogP contribution is -2.18. The number of aryl methyl sites for hydroxylation is 1. The molecule has 2 rings (SSSR count). The summed E-state index contributed by atoms with van der Waals surface area (Å²) in [6.07, 6.45) is 1.35. The van der Waals surface area contributed by atoms with Crippen molar-refractivity contribution in [1.82, 2.24) is 9.97 Å². The molecule has 0 atom stereocenters. The topological polar surface area (TPSA) is 55.0 Å². The number of ether oxygens (including phenoxy) is 1. The van der Waals surface area contributed by atoms with Crippen molar-refractivity contribution in [3.63, 3.8) is 0 Å². The molecule has 0 saturated heterocycles. The number of benzene rings is 1. The Morgan fingerprint density at radius 3 is 2.89 bits per heavy atom. The summed E-state index contributed by atoms with van der Waals surface area (Å²) in [6, 6.07) is 7.76. The molecule has 0 bridgehead atoms. The van der Waals surface area contributed by atoms with Gasteiger partial charge in [0.1, 0.15) is 11.6 Å². The van der Waals surface area contributed by atoms with E-state index >= 15 is 0 Å². The average molecular weight is 370 g/mol. The van der Waals surface area contributed by atoms with Gasteiger partial charge in [0.25, 0.3) is 5.56 Å². The van der Waals surface area contributed by atoms with Crippen LogP contribution >= 0.6 is 22.6 Å². The summed E-state index contributed by atoms with van der Waals surface area (Å²) in [7, 11) is 1.64. The zero-order chi connectivity index (χ0) is 13.8. The van der Waals surface area contributed by atoms with E-state index in [0.29, 0.717) is 15.8 Å². The van der Waals surface area contributed by atoms with E-state index in [2.05, 4.69) is 9.97 Å². The van der Waals surface area contributed by atoms with Gasteiger partial charge in [0, 0.05) is 6.42 Å². The molecule has 0 saturated carbocycles. The molecule has 0 fully saturated rings. The number of nitrogens with zero attached hydrogens (tertiary/aromatic N) is 1. The molecule has 0 aliphatic carbocycles. The first-order valence-corrected chi connectivity index (χ1v) is 7.12. The monoisotopic (exact) mass is 370 g/mol. The van der Waals surface area contributed by atoms with Gasteiger partial charge in [0.15, 0.2) is 0 Å². The van der Waals surface area contributed by atoms with E-state index in [1.54, 1.807) is 7.11 Å². The molecule has 5 heteroatoms. The van der Waals surface area contributed by atoms with Gasteiger partial charge < -0.3 is 9.72 Å². The van der Waals surface area contributed by atoms with Crippen LogP contribution in [-0.4, -0.2) is 17.1 Å². The molecule has 100 valence electrons. The minimum Gasteiger partial charge on any atom is -0.497 e. The summed E-state index contributed by atoms with van der Waals surface area (Å²) in [5.74, 6) is 1.50. The van der Waals surface area contributed by atoms with Crippen LogP contribution in [-0.2, 0) is 12.8 Å². The van der Waals surface area contributed by atoms with Gasteiger partial charge in [-0.2, -0.15) is 0 Å². The first-order valence-electron chi connectivity index (χ1n) is 6.04. The zero-order valence-electron chi connectivity index (χ0n) is 10.9. The molecule has 0 spiro atoms. The molecule has 2 aromatic rings. The number of aromatic nitrogens is 2. The predicted octanol–water partition coefficient (Wildman–Crippen LogP) is 2.54. The fourth-order valence-corrected chi connectivity index (χ4v) is 2.49. The highest BCUT2D eigenvalue weighted by atomic mass is 127. The Labute approximate surface area is 125 Å². The number of nitrogens with one attached hydrogen (secondary N) is 1. The Hall–Kier alpha value is -1.37. The van der Waals surface area contributed by atoms with E-state index < -0.39 is 0 Å². The van der Waals surface area contributed by atoms with Gasteiger partial charge in [0.05, 0.1) is 16.4 Å². The molecule has 1 heterocycles. The van der Waals surface area contributed by atoms with E-state index in [9.17, 15) is 4.79 Å². The van der Waals surface area contributed by atoms with E-state index in [1.807, 2.05) is 53.8 Å². The van der Waals surface area contributed by atoms with Gasteiger partial charge in [-0.1, -0.05) is 19.1 Å². The van der Waals surface area contributed by atoms with Crippen molar-refractivity contribution in [2.45, 2.75) is 19.8 Å². The lowest BCUT2D eigenvalue weighted by Gasteiger charge is -2.06. The van der Waals surface area contributed by atoms with Crippen molar-refractivity contribution in [2.24, 2.45) is 0 Å². The SMILES string of the molecule is CCc1nc(Cc2cccc(OC)c2)[nH]c(=O)c1I. The van der Waals surface area contributed by atoms with Gasteiger partial charge in [-0.15, -0.1) is 0 Å². The quantitative estimate of drug-likeness (QED) is 0.842. The molecular weight excluding hydrogens is 355 g/mol. The van der Waals surface area contributed by atoms with Crippen molar-refractivity contribution in [1.29, 1.82) is 0 Å². The molecule has 0 unspecified atom stereocenters. The van der Waals surface area contributed by atoms with E-state index in [4.69, 9.17) is 4.74 Å². The van der Waals surface area contributed by atoms with E-state index in [0.717, 1.165) is 23.4 Å². The minimum atomic E-state index is -0.0645. The van der Waals surface area contributed by atoms with Gasteiger partial charge in [-0.05, 0) is 46.7 Å². The second-order valence-electron chi connectivity index (χ2n) is 4.16. The molecule has 1 aromatic carbocycles. The van der Waals surface area contributed by atoms with Gasteiger partial charge in [-0.25, -0.2) is 4.98 Å². The molecule has 0 amide bonds. The van der Waals surface area contributed by atoms with Crippen LogP contribution in [0.5, 0.6) is 5.75 Å². The molecule has 19 heavy (non-hydrogen) atoms. The molecule has 0 radical (unpaired) electrons. The summed E-state index contributed by atoms with van der Waals surface area (Å²) < 4.78 is 5.86. The smallest absolute Gasteiger partial charge is 0.264 e. The number of aromatic amines is 1. The fraction of sp³-hybridized carbons (Fsp3) is 0.286. The molecule has 0 aliphatic rings. The molecule has 1 N–H and O–H groups in total. The maximum absolute atomic E-state index is 11.8. The lowest BCUT2D eigenvalue weighted by atomic mass is 10.1. The molecule has 1 aromatic heterocycles. The van der Waals surface area contributed by atoms with Crippen LogP contribution in [0.3, 0.4) is 0 Å². The van der Waals surface area contributed by atoms with Crippen LogP contribution in [0.15, 0.2) is 29.1 Å². The minimum absolute atomic E-state index is 0.0645. The predicted molar refractivity (Wildman–Crippen MR) is 82.8 cm³/mol. The first-order chi connectivity index (χ1) is 9.13. The molecule has 4 nitrogen and oxygen atoms in total. The summed E-state index contributed by atoms with van der Waals surface area (Å²) >= 11 is 2.04. The van der Waals surface area contributed by atoms with Crippen molar-refractivity contribution in [3.05, 3.63) is 55.3 Å². The Bertz CT molecular complexity index is 638. The highest BCUT2D eigenvalue weighted by Gasteiger charge is 2.08. The summed E-state index contributed by atoms with van der Waals surface area (Å²) in [5.41, 5.74) is 1.85. The number of methoxy groups -OCH3 is 1. The molecule has 0 aliphatic heterocycles. The third-order valence-corrected chi connectivity index (χ3v) is 3.93. The zero-order valence-corrected chi connectivity index (χ0v) is 13.0. The number of rotatable bonds is 4. The van der Waals surface area contributed by atoms with Crippen molar-refractivity contribution < 1.29 is 4.74 Å². The van der Waals surface area contributed by atoms with Crippen molar-refractivity contribution in [2.75, 3.05) is 7.11 Å². The second kappa shape index (κ2) is 6.18. The Kier molecular flexibility index (Phi) is 4.57. The third-order valence-electron chi connectivity index (χ3n) is 2.82. The summed E-state index contributed by atoms with van der Waals surface area (Å²) in [5, 5.41) is 0. The number of hydrogen-bond donors (Lipinski definition) is 1. The largest absolute Gasteiger partial charge is 0.497 e. The number of hydrogen-bond acceptors (Lipinski definition) is 3. The fourth-order valence-electron chi connectivity index (χ4n) is 1.85. The Morgan fingerprint density at radius 2 is 2.21 bits per heavy atom. The van der Waals surface area contributed by atoms with E-state index in [1.165, 1.54) is 0 Å². The lowest BCUT2D eigenvalue weighted by molar-refractivity contribution is 0.414. The highest BCUT2D eigenvalue weighted by molar-refractivity contribution is 14.1. The third kappa shape index (κ3) is 3.34. The maximum Gasteiger partial charge on any atom is 0.264 e. The van der Waals surface area contributed by atoms with Gasteiger partial charge in [0.2, 0.25) is 0 Å². The van der Waals surface area contributed by atoms with Gasteiger partial charge in [-0.3, -0.25) is 4.79 Å².